The van der Waals surface area contributed by atoms with Crippen molar-refractivity contribution in [3.8, 4) is 0 Å². The number of hydrogen-bond acceptors (Lipinski definition) is 4. The number of nitrogens with zero attached hydrogens (tertiary/aromatic N) is 1. The van der Waals surface area contributed by atoms with Crippen molar-refractivity contribution in [2.75, 3.05) is 26.3 Å². The van der Waals surface area contributed by atoms with Crippen LogP contribution in [-0.2, 0) is 14.8 Å². The lowest BCUT2D eigenvalue weighted by Crippen LogP contribution is -2.40. The third-order valence-electron chi connectivity index (χ3n) is 2.40. The maximum Gasteiger partial charge on any atom is 0.252 e. The van der Waals surface area contributed by atoms with E-state index in [0.29, 0.717) is 34.8 Å². The van der Waals surface area contributed by atoms with Crippen LogP contribution in [0.25, 0.3) is 0 Å². The monoisotopic (exact) mass is 281 g/mol. The second kappa shape index (κ2) is 4.62. The Labute approximate surface area is 104 Å². The Morgan fingerprint density at radius 3 is 2.56 bits per heavy atom. The van der Waals surface area contributed by atoms with E-state index >= 15 is 0 Å². The van der Waals surface area contributed by atoms with E-state index in [-0.39, 0.29) is 0 Å². The zero-order valence-corrected chi connectivity index (χ0v) is 11.2. The van der Waals surface area contributed by atoms with Gasteiger partial charge in [0.15, 0.2) is 0 Å². The largest absolute Gasteiger partial charge is 0.379 e. The number of hydrogen-bond donors (Lipinski definition) is 0. The predicted molar refractivity (Wildman–Crippen MR) is 63.6 cm³/mol. The van der Waals surface area contributed by atoms with Gasteiger partial charge in [-0.1, -0.05) is 11.6 Å². The molecule has 1 aliphatic heterocycles. The lowest BCUT2D eigenvalue weighted by molar-refractivity contribution is 0.0731. The van der Waals surface area contributed by atoms with Crippen LogP contribution in [0.15, 0.2) is 10.3 Å². The van der Waals surface area contributed by atoms with E-state index in [2.05, 4.69) is 0 Å². The predicted octanol–water partition coefficient (Wildman–Crippen LogP) is 1.73. The summed E-state index contributed by atoms with van der Waals surface area (Å²) in [5.74, 6) is 0. The summed E-state index contributed by atoms with van der Waals surface area (Å²) in [6.45, 7) is 3.54. The average Bonchev–Trinajstić information content (AvgIpc) is 2.61. The van der Waals surface area contributed by atoms with Crippen LogP contribution in [0.4, 0.5) is 0 Å². The minimum absolute atomic E-state index is 0.317. The van der Waals surface area contributed by atoms with E-state index in [0.717, 1.165) is 16.9 Å². The Kier molecular flexibility index (Phi) is 3.56. The summed E-state index contributed by atoms with van der Waals surface area (Å²) in [4.78, 5) is 0. The van der Waals surface area contributed by atoms with E-state index in [4.69, 9.17) is 16.3 Å². The van der Waals surface area contributed by atoms with Crippen LogP contribution in [0.5, 0.6) is 0 Å². The lowest BCUT2D eigenvalue weighted by atomic mass is 10.4. The Morgan fingerprint density at radius 2 is 2.06 bits per heavy atom. The van der Waals surface area contributed by atoms with Crippen LogP contribution in [0, 0.1) is 6.92 Å². The van der Waals surface area contributed by atoms with Crippen LogP contribution in [-0.4, -0.2) is 39.0 Å². The molecule has 2 heterocycles. The SMILES string of the molecule is Cc1cc(S(=O)(=O)N2CCOCC2)sc1Cl. The van der Waals surface area contributed by atoms with Crippen molar-refractivity contribution in [3.63, 3.8) is 0 Å². The molecule has 7 heteroatoms. The minimum atomic E-state index is -3.38. The first-order valence-electron chi connectivity index (χ1n) is 4.85. The molecule has 0 unspecified atom stereocenters. The molecule has 0 aliphatic carbocycles. The van der Waals surface area contributed by atoms with Gasteiger partial charge in [0.25, 0.3) is 10.0 Å². The van der Waals surface area contributed by atoms with Gasteiger partial charge < -0.3 is 4.74 Å². The molecular formula is C9H12ClNO3S2. The molecule has 0 N–H and O–H groups in total. The van der Waals surface area contributed by atoms with Crippen molar-refractivity contribution in [2.45, 2.75) is 11.1 Å². The number of morpholine rings is 1. The molecule has 0 radical (unpaired) electrons. The smallest absolute Gasteiger partial charge is 0.252 e. The summed E-state index contributed by atoms with van der Waals surface area (Å²) >= 11 is 7.00. The molecule has 0 atom stereocenters. The van der Waals surface area contributed by atoms with Crippen molar-refractivity contribution in [1.82, 2.24) is 4.31 Å². The van der Waals surface area contributed by atoms with Crippen LogP contribution in [0.1, 0.15) is 5.56 Å². The molecule has 0 aromatic carbocycles. The highest BCUT2D eigenvalue weighted by molar-refractivity contribution is 7.91. The molecule has 1 fully saturated rings. The van der Waals surface area contributed by atoms with Crippen LogP contribution >= 0.6 is 22.9 Å². The summed E-state index contributed by atoms with van der Waals surface area (Å²) in [5, 5.41) is 0. The molecule has 0 bridgehead atoms. The fraction of sp³-hybridized carbons (Fsp3) is 0.556. The first kappa shape index (κ1) is 12.3. The van der Waals surface area contributed by atoms with Gasteiger partial charge in [-0.3, -0.25) is 0 Å². The van der Waals surface area contributed by atoms with Gasteiger partial charge in [0, 0.05) is 13.1 Å². The standard InChI is InChI=1S/C9H12ClNO3S2/c1-7-6-8(15-9(7)10)16(12,13)11-2-4-14-5-3-11/h6H,2-5H2,1H3. The number of ether oxygens (including phenoxy) is 1. The zero-order valence-electron chi connectivity index (χ0n) is 8.77. The second-order valence-electron chi connectivity index (χ2n) is 3.54. The Hall–Kier alpha value is -0.140. The fourth-order valence-corrected chi connectivity index (χ4v) is 4.74. The van der Waals surface area contributed by atoms with Gasteiger partial charge in [-0.15, -0.1) is 11.3 Å². The third kappa shape index (κ3) is 2.26. The van der Waals surface area contributed by atoms with E-state index in [9.17, 15) is 8.42 Å². The molecule has 4 nitrogen and oxygen atoms in total. The highest BCUT2D eigenvalue weighted by atomic mass is 35.5. The summed E-state index contributed by atoms with van der Waals surface area (Å²) in [6.07, 6.45) is 0. The summed E-state index contributed by atoms with van der Waals surface area (Å²) in [5.41, 5.74) is 0.804. The van der Waals surface area contributed by atoms with E-state index in [1.807, 2.05) is 0 Å². The molecule has 1 aliphatic rings. The Morgan fingerprint density at radius 1 is 1.44 bits per heavy atom. The molecule has 0 saturated carbocycles. The molecule has 0 amide bonds. The third-order valence-corrected chi connectivity index (χ3v) is 6.30. The summed E-state index contributed by atoms with van der Waals surface area (Å²) < 4.78 is 31.8. The number of thiophene rings is 1. The molecule has 90 valence electrons. The fourth-order valence-electron chi connectivity index (χ4n) is 1.47. The molecule has 2 rings (SSSR count). The molecular weight excluding hydrogens is 270 g/mol. The van der Waals surface area contributed by atoms with Crippen LogP contribution in [0.3, 0.4) is 0 Å². The van der Waals surface area contributed by atoms with E-state index in [1.165, 1.54) is 4.31 Å². The molecule has 0 spiro atoms. The van der Waals surface area contributed by atoms with Crippen molar-refractivity contribution < 1.29 is 13.2 Å². The van der Waals surface area contributed by atoms with Gasteiger partial charge in [0.1, 0.15) is 4.21 Å². The summed E-state index contributed by atoms with van der Waals surface area (Å²) in [7, 11) is -3.38. The van der Waals surface area contributed by atoms with Gasteiger partial charge in [-0.25, -0.2) is 8.42 Å². The average molecular weight is 282 g/mol. The molecule has 16 heavy (non-hydrogen) atoms. The second-order valence-corrected chi connectivity index (χ2v) is 7.36. The van der Waals surface area contributed by atoms with Crippen molar-refractivity contribution in [1.29, 1.82) is 0 Å². The van der Waals surface area contributed by atoms with E-state index < -0.39 is 10.0 Å². The van der Waals surface area contributed by atoms with Gasteiger partial charge in [-0.2, -0.15) is 4.31 Å². The number of aryl methyl sites for hydroxylation is 1. The van der Waals surface area contributed by atoms with Crippen LogP contribution in [0.2, 0.25) is 4.34 Å². The van der Waals surface area contributed by atoms with Crippen molar-refractivity contribution in [3.05, 3.63) is 16.0 Å². The number of rotatable bonds is 2. The van der Waals surface area contributed by atoms with Crippen LogP contribution < -0.4 is 0 Å². The summed E-state index contributed by atoms with van der Waals surface area (Å²) in [6, 6.07) is 1.62. The Bertz CT molecular complexity index is 457. The maximum atomic E-state index is 12.2. The Balaban J connectivity index is 2.30. The highest BCUT2D eigenvalue weighted by Crippen LogP contribution is 2.32. The first-order valence-corrected chi connectivity index (χ1v) is 7.49. The van der Waals surface area contributed by atoms with Crippen molar-refractivity contribution in [2.24, 2.45) is 0 Å². The normalized spacial score (nSPS) is 18.9. The minimum Gasteiger partial charge on any atom is -0.379 e. The van der Waals surface area contributed by atoms with Gasteiger partial charge >= 0.3 is 0 Å². The van der Waals surface area contributed by atoms with Gasteiger partial charge in [0.2, 0.25) is 0 Å². The number of halogens is 1. The zero-order chi connectivity index (χ0) is 11.8. The van der Waals surface area contributed by atoms with Gasteiger partial charge in [0.05, 0.1) is 17.6 Å². The topological polar surface area (TPSA) is 46.6 Å². The maximum absolute atomic E-state index is 12.2. The van der Waals surface area contributed by atoms with Gasteiger partial charge in [-0.05, 0) is 18.6 Å². The van der Waals surface area contributed by atoms with E-state index in [1.54, 1.807) is 13.0 Å². The molecule has 1 saturated heterocycles. The lowest BCUT2D eigenvalue weighted by Gasteiger charge is -2.25. The molecule has 1 aromatic rings. The van der Waals surface area contributed by atoms with Crippen molar-refractivity contribution >= 4 is 33.0 Å². The first-order chi connectivity index (χ1) is 7.51. The highest BCUT2D eigenvalue weighted by Gasteiger charge is 2.28. The molecule has 1 aromatic heterocycles. The quantitative estimate of drug-likeness (QED) is 0.829. The number of sulfonamides is 1.